The number of carbonyl (C=O) groups is 1. The molecule has 16 heavy (non-hydrogen) atoms. The number of hydrogen-bond acceptors (Lipinski definition) is 2. The molecule has 1 heterocycles. The second-order valence-electron chi connectivity index (χ2n) is 4.85. The van der Waals surface area contributed by atoms with Gasteiger partial charge in [0.25, 0.3) is 0 Å². The number of carbonyl (C=O) groups excluding carboxylic acids is 1. The van der Waals surface area contributed by atoms with Gasteiger partial charge in [-0.05, 0) is 32.3 Å². The summed E-state index contributed by atoms with van der Waals surface area (Å²) in [4.78, 5) is 11.9. The molecule has 0 saturated heterocycles. The normalized spacial score (nSPS) is 16.9. The summed E-state index contributed by atoms with van der Waals surface area (Å²) in [5.41, 5.74) is 2.20. The number of nitrogens with zero attached hydrogens (tertiary/aromatic N) is 2. The molecule has 0 spiro atoms. The summed E-state index contributed by atoms with van der Waals surface area (Å²) in [7, 11) is 1.95. The van der Waals surface area contributed by atoms with Crippen molar-refractivity contribution >= 4 is 5.78 Å². The van der Waals surface area contributed by atoms with Crippen LogP contribution >= 0.6 is 0 Å². The van der Waals surface area contributed by atoms with Crippen LogP contribution in [-0.2, 0) is 18.3 Å². The van der Waals surface area contributed by atoms with E-state index in [0.717, 1.165) is 25.0 Å². The highest BCUT2D eigenvalue weighted by atomic mass is 16.1. The molecule has 1 aliphatic carbocycles. The predicted molar refractivity (Wildman–Crippen MR) is 63.2 cm³/mol. The van der Waals surface area contributed by atoms with Crippen LogP contribution in [0.3, 0.4) is 0 Å². The summed E-state index contributed by atoms with van der Waals surface area (Å²) >= 11 is 0. The van der Waals surface area contributed by atoms with E-state index < -0.39 is 0 Å². The standard InChI is InChI=1S/C13H20N2O/c1-10-9-12(15(2)14-10)7-8-13(16)11-5-3-4-6-11/h9,11H,3-8H2,1-2H3. The molecule has 1 aromatic heterocycles. The third-order valence-electron chi connectivity index (χ3n) is 3.54. The minimum atomic E-state index is 0.356. The molecule has 3 nitrogen and oxygen atoms in total. The number of aryl methyl sites for hydroxylation is 3. The number of rotatable bonds is 4. The SMILES string of the molecule is Cc1cc(CCC(=O)C2CCCC2)n(C)n1. The van der Waals surface area contributed by atoms with Gasteiger partial charge in [0.05, 0.1) is 5.69 Å². The zero-order chi connectivity index (χ0) is 11.5. The Kier molecular flexibility index (Phi) is 3.42. The Hall–Kier alpha value is -1.12. The highest BCUT2D eigenvalue weighted by Crippen LogP contribution is 2.26. The van der Waals surface area contributed by atoms with Crippen molar-refractivity contribution in [1.82, 2.24) is 9.78 Å². The Morgan fingerprint density at radius 2 is 2.19 bits per heavy atom. The molecule has 0 atom stereocenters. The molecule has 0 aliphatic heterocycles. The van der Waals surface area contributed by atoms with E-state index in [1.54, 1.807) is 0 Å². The van der Waals surface area contributed by atoms with Gasteiger partial charge in [0.1, 0.15) is 5.78 Å². The fourth-order valence-corrected chi connectivity index (χ4v) is 2.60. The van der Waals surface area contributed by atoms with Gasteiger partial charge in [0, 0.05) is 25.1 Å². The fraction of sp³-hybridized carbons (Fsp3) is 0.692. The van der Waals surface area contributed by atoms with Crippen molar-refractivity contribution in [1.29, 1.82) is 0 Å². The van der Waals surface area contributed by atoms with E-state index in [0.29, 0.717) is 18.1 Å². The summed E-state index contributed by atoms with van der Waals surface area (Å²) in [5.74, 6) is 0.811. The zero-order valence-electron chi connectivity index (χ0n) is 10.2. The van der Waals surface area contributed by atoms with Gasteiger partial charge in [0.2, 0.25) is 0 Å². The molecule has 1 aliphatic rings. The largest absolute Gasteiger partial charge is 0.299 e. The molecule has 1 saturated carbocycles. The van der Waals surface area contributed by atoms with E-state index in [9.17, 15) is 4.79 Å². The molecule has 0 aromatic carbocycles. The Bertz CT molecular complexity index is 375. The maximum Gasteiger partial charge on any atom is 0.136 e. The molecule has 2 rings (SSSR count). The third kappa shape index (κ3) is 2.52. The Balaban J connectivity index is 1.87. The zero-order valence-corrected chi connectivity index (χ0v) is 10.2. The van der Waals surface area contributed by atoms with Crippen LogP contribution in [-0.4, -0.2) is 15.6 Å². The number of Topliss-reactive ketones (excluding diaryl/α,β-unsaturated/α-hetero) is 1. The quantitative estimate of drug-likeness (QED) is 0.781. The highest BCUT2D eigenvalue weighted by molar-refractivity contribution is 5.81. The van der Waals surface area contributed by atoms with E-state index in [1.807, 2.05) is 18.7 Å². The highest BCUT2D eigenvalue weighted by Gasteiger charge is 2.22. The van der Waals surface area contributed by atoms with E-state index in [2.05, 4.69) is 11.2 Å². The third-order valence-corrected chi connectivity index (χ3v) is 3.54. The Labute approximate surface area is 96.8 Å². The van der Waals surface area contributed by atoms with Crippen molar-refractivity contribution < 1.29 is 4.79 Å². The summed E-state index contributed by atoms with van der Waals surface area (Å²) in [6.07, 6.45) is 6.23. The minimum absolute atomic E-state index is 0.356. The molecule has 1 aromatic rings. The van der Waals surface area contributed by atoms with E-state index in [-0.39, 0.29) is 0 Å². The Morgan fingerprint density at radius 3 is 2.75 bits per heavy atom. The number of hydrogen-bond donors (Lipinski definition) is 0. The number of ketones is 1. The van der Waals surface area contributed by atoms with Crippen LogP contribution in [0.5, 0.6) is 0 Å². The first-order chi connectivity index (χ1) is 7.66. The molecule has 88 valence electrons. The first-order valence-corrected chi connectivity index (χ1v) is 6.19. The molecule has 0 amide bonds. The van der Waals surface area contributed by atoms with Gasteiger partial charge in [-0.15, -0.1) is 0 Å². The van der Waals surface area contributed by atoms with Crippen LogP contribution in [0.15, 0.2) is 6.07 Å². The van der Waals surface area contributed by atoms with Crippen LogP contribution in [0.2, 0.25) is 0 Å². The van der Waals surface area contributed by atoms with Gasteiger partial charge in [0.15, 0.2) is 0 Å². The average molecular weight is 220 g/mol. The molecule has 3 heteroatoms. The molecule has 0 N–H and O–H groups in total. The maximum atomic E-state index is 11.9. The van der Waals surface area contributed by atoms with E-state index >= 15 is 0 Å². The topological polar surface area (TPSA) is 34.9 Å². The van der Waals surface area contributed by atoms with Crippen molar-refractivity contribution in [2.45, 2.75) is 45.4 Å². The van der Waals surface area contributed by atoms with Crippen LogP contribution in [0.25, 0.3) is 0 Å². The van der Waals surface area contributed by atoms with E-state index in [1.165, 1.54) is 18.5 Å². The molecule has 0 unspecified atom stereocenters. The summed E-state index contributed by atoms with van der Waals surface area (Å²) < 4.78 is 1.89. The first kappa shape index (κ1) is 11.4. The van der Waals surface area contributed by atoms with Crippen LogP contribution in [0.4, 0.5) is 0 Å². The summed E-state index contributed by atoms with van der Waals surface area (Å²) in [5, 5.41) is 4.29. The summed E-state index contributed by atoms with van der Waals surface area (Å²) in [6.45, 7) is 1.99. The van der Waals surface area contributed by atoms with Gasteiger partial charge >= 0.3 is 0 Å². The van der Waals surface area contributed by atoms with Gasteiger partial charge in [-0.1, -0.05) is 12.8 Å². The van der Waals surface area contributed by atoms with Crippen LogP contribution in [0.1, 0.15) is 43.5 Å². The lowest BCUT2D eigenvalue weighted by Crippen LogP contribution is -2.12. The van der Waals surface area contributed by atoms with Crippen LogP contribution in [0, 0.1) is 12.8 Å². The molecular weight excluding hydrogens is 200 g/mol. The smallest absolute Gasteiger partial charge is 0.136 e. The lowest BCUT2D eigenvalue weighted by Gasteiger charge is -2.07. The van der Waals surface area contributed by atoms with Gasteiger partial charge in [-0.25, -0.2) is 0 Å². The van der Waals surface area contributed by atoms with Gasteiger partial charge in [-0.3, -0.25) is 9.48 Å². The van der Waals surface area contributed by atoms with Gasteiger partial charge in [-0.2, -0.15) is 5.10 Å². The minimum Gasteiger partial charge on any atom is -0.299 e. The maximum absolute atomic E-state index is 11.9. The lowest BCUT2D eigenvalue weighted by molar-refractivity contribution is -0.122. The van der Waals surface area contributed by atoms with Crippen molar-refractivity contribution in [3.8, 4) is 0 Å². The second kappa shape index (κ2) is 4.81. The van der Waals surface area contributed by atoms with E-state index in [4.69, 9.17) is 0 Å². The van der Waals surface area contributed by atoms with Crippen molar-refractivity contribution in [2.75, 3.05) is 0 Å². The lowest BCUT2D eigenvalue weighted by atomic mass is 9.98. The van der Waals surface area contributed by atoms with Crippen molar-refractivity contribution in [3.63, 3.8) is 0 Å². The predicted octanol–water partition coefficient (Wildman–Crippen LogP) is 2.42. The first-order valence-electron chi connectivity index (χ1n) is 6.19. The monoisotopic (exact) mass is 220 g/mol. The Morgan fingerprint density at radius 1 is 1.50 bits per heavy atom. The molecule has 0 radical (unpaired) electrons. The molecular formula is C13H20N2O. The molecule has 1 fully saturated rings. The fourth-order valence-electron chi connectivity index (χ4n) is 2.60. The number of aromatic nitrogens is 2. The van der Waals surface area contributed by atoms with Crippen molar-refractivity contribution in [2.24, 2.45) is 13.0 Å². The molecule has 0 bridgehead atoms. The van der Waals surface area contributed by atoms with Crippen molar-refractivity contribution in [3.05, 3.63) is 17.5 Å². The average Bonchev–Trinajstić information content (AvgIpc) is 2.84. The van der Waals surface area contributed by atoms with Gasteiger partial charge < -0.3 is 0 Å². The second-order valence-corrected chi connectivity index (χ2v) is 4.85. The van der Waals surface area contributed by atoms with Crippen LogP contribution < -0.4 is 0 Å². The summed E-state index contributed by atoms with van der Waals surface area (Å²) in [6, 6.07) is 2.07.